The number of carboxylic acids is 1. The van der Waals surface area contributed by atoms with Crippen molar-refractivity contribution in [1.82, 2.24) is 4.90 Å². The molecule has 0 saturated carbocycles. The van der Waals surface area contributed by atoms with Crippen molar-refractivity contribution in [2.24, 2.45) is 5.92 Å². The average Bonchev–Trinajstić information content (AvgIpc) is 2.33. The summed E-state index contributed by atoms with van der Waals surface area (Å²) in [5.41, 5.74) is 0.763. The summed E-state index contributed by atoms with van der Waals surface area (Å²) in [5, 5.41) is 11.5. The molecular weight excluding hydrogens is 264 g/mol. The number of hydrogen-bond donors (Lipinski definition) is 2. The van der Waals surface area contributed by atoms with Gasteiger partial charge < -0.3 is 15.3 Å². The van der Waals surface area contributed by atoms with Gasteiger partial charge in [0.2, 0.25) is 0 Å². The maximum atomic E-state index is 11.9. The molecule has 2 amide bonds. The molecule has 2 rings (SSSR count). The summed E-state index contributed by atoms with van der Waals surface area (Å²) >= 11 is 1.62. The van der Waals surface area contributed by atoms with Gasteiger partial charge in [0.15, 0.2) is 0 Å². The van der Waals surface area contributed by atoms with Crippen LogP contribution in [0.1, 0.15) is 6.42 Å². The van der Waals surface area contributed by atoms with Crippen LogP contribution in [0.15, 0.2) is 29.2 Å². The topological polar surface area (TPSA) is 69.6 Å². The van der Waals surface area contributed by atoms with Gasteiger partial charge in [-0.1, -0.05) is 6.07 Å². The van der Waals surface area contributed by atoms with Crippen LogP contribution in [-0.4, -0.2) is 41.4 Å². The SMILES string of the molecule is CSc1cccc(NC(=O)N2CC(CC(=O)O)C2)c1. The Morgan fingerprint density at radius 2 is 2.21 bits per heavy atom. The minimum absolute atomic E-state index is 0.0841. The molecule has 0 unspecified atom stereocenters. The van der Waals surface area contributed by atoms with Gasteiger partial charge in [-0.3, -0.25) is 4.79 Å². The number of nitrogens with one attached hydrogen (secondary N) is 1. The van der Waals surface area contributed by atoms with Crippen molar-refractivity contribution in [3.05, 3.63) is 24.3 Å². The summed E-state index contributed by atoms with van der Waals surface area (Å²) in [7, 11) is 0. The Morgan fingerprint density at radius 3 is 2.84 bits per heavy atom. The highest BCUT2D eigenvalue weighted by Gasteiger charge is 2.31. The van der Waals surface area contributed by atoms with Crippen LogP contribution in [-0.2, 0) is 4.79 Å². The van der Waals surface area contributed by atoms with Gasteiger partial charge in [-0.05, 0) is 24.5 Å². The molecule has 102 valence electrons. The standard InChI is InChI=1S/C13H16N2O3S/c1-19-11-4-2-3-10(6-11)14-13(18)15-7-9(8-15)5-12(16)17/h2-4,6,9H,5,7-8H2,1H3,(H,14,18)(H,16,17). The molecule has 1 aliphatic rings. The Kier molecular flexibility index (Phi) is 4.31. The third-order valence-electron chi connectivity index (χ3n) is 3.03. The molecule has 0 spiro atoms. The van der Waals surface area contributed by atoms with Crippen LogP contribution < -0.4 is 5.32 Å². The van der Waals surface area contributed by atoms with E-state index in [1.54, 1.807) is 16.7 Å². The second kappa shape index (κ2) is 5.97. The zero-order valence-corrected chi connectivity index (χ0v) is 11.4. The fourth-order valence-corrected chi connectivity index (χ4v) is 2.47. The first kappa shape index (κ1) is 13.7. The normalized spacial score (nSPS) is 14.9. The molecule has 1 fully saturated rings. The number of carboxylic acid groups (broad SMARTS) is 1. The highest BCUT2D eigenvalue weighted by molar-refractivity contribution is 7.98. The molecule has 19 heavy (non-hydrogen) atoms. The number of likely N-dealkylation sites (tertiary alicyclic amines) is 1. The smallest absolute Gasteiger partial charge is 0.321 e. The average molecular weight is 280 g/mol. The van der Waals surface area contributed by atoms with E-state index in [1.165, 1.54) is 0 Å². The minimum Gasteiger partial charge on any atom is -0.481 e. The number of urea groups is 1. The summed E-state index contributed by atoms with van der Waals surface area (Å²) in [6.45, 7) is 1.03. The Balaban J connectivity index is 1.84. The van der Waals surface area contributed by atoms with Gasteiger partial charge in [-0.25, -0.2) is 4.79 Å². The molecule has 1 heterocycles. The van der Waals surface area contributed by atoms with E-state index in [0.29, 0.717) is 13.1 Å². The van der Waals surface area contributed by atoms with Crippen molar-refractivity contribution in [3.8, 4) is 0 Å². The van der Waals surface area contributed by atoms with Crippen molar-refractivity contribution in [2.45, 2.75) is 11.3 Å². The van der Waals surface area contributed by atoms with Crippen molar-refractivity contribution in [2.75, 3.05) is 24.7 Å². The monoisotopic (exact) mass is 280 g/mol. The summed E-state index contributed by atoms with van der Waals surface area (Å²) in [6.07, 6.45) is 2.11. The number of amides is 2. The van der Waals surface area contributed by atoms with Gasteiger partial charge in [-0.15, -0.1) is 11.8 Å². The summed E-state index contributed by atoms with van der Waals surface area (Å²) in [5.74, 6) is -0.724. The maximum Gasteiger partial charge on any atom is 0.321 e. The lowest BCUT2D eigenvalue weighted by atomic mass is 9.97. The van der Waals surface area contributed by atoms with Gasteiger partial charge in [0.25, 0.3) is 0 Å². The maximum absolute atomic E-state index is 11.9. The van der Waals surface area contributed by atoms with E-state index in [0.717, 1.165) is 10.6 Å². The lowest BCUT2D eigenvalue weighted by Gasteiger charge is -2.38. The van der Waals surface area contributed by atoms with Gasteiger partial charge in [-0.2, -0.15) is 0 Å². The first-order valence-corrected chi connectivity index (χ1v) is 7.22. The predicted octanol–water partition coefficient (Wildman–Crippen LogP) is 2.35. The van der Waals surface area contributed by atoms with E-state index in [1.807, 2.05) is 30.5 Å². The van der Waals surface area contributed by atoms with Crippen molar-refractivity contribution in [3.63, 3.8) is 0 Å². The van der Waals surface area contributed by atoms with Gasteiger partial charge in [0.05, 0.1) is 6.42 Å². The lowest BCUT2D eigenvalue weighted by molar-refractivity contribution is -0.139. The van der Waals surface area contributed by atoms with Crippen LogP contribution in [0, 0.1) is 5.92 Å². The Bertz CT molecular complexity index is 487. The third kappa shape index (κ3) is 3.64. The molecule has 6 heteroatoms. The number of aliphatic carboxylic acids is 1. The highest BCUT2D eigenvalue weighted by Crippen LogP contribution is 2.22. The van der Waals surface area contributed by atoms with Crippen LogP contribution in [0.5, 0.6) is 0 Å². The number of rotatable bonds is 4. The number of thioether (sulfide) groups is 1. The van der Waals surface area contributed by atoms with E-state index < -0.39 is 5.97 Å². The molecule has 2 N–H and O–H groups in total. The van der Waals surface area contributed by atoms with Crippen LogP contribution in [0.2, 0.25) is 0 Å². The number of carbonyl (C=O) groups excluding carboxylic acids is 1. The van der Waals surface area contributed by atoms with Crippen LogP contribution in [0.25, 0.3) is 0 Å². The predicted molar refractivity (Wildman–Crippen MR) is 74.6 cm³/mol. The van der Waals surface area contributed by atoms with E-state index in [-0.39, 0.29) is 18.4 Å². The second-order valence-corrected chi connectivity index (χ2v) is 5.41. The van der Waals surface area contributed by atoms with Crippen molar-refractivity contribution < 1.29 is 14.7 Å². The summed E-state index contributed by atoms with van der Waals surface area (Å²) in [6, 6.07) is 7.46. The van der Waals surface area contributed by atoms with Crippen molar-refractivity contribution >= 4 is 29.4 Å². The van der Waals surface area contributed by atoms with Gasteiger partial charge in [0.1, 0.15) is 0 Å². The summed E-state index contributed by atoms with van der Waals surface area (Å²) in [4.78, 5) is 25.1. The molecule has 1 saturated heterocycles. The van der Waals surface area contributed by atoms with Crippen molar-refractivity contribution in [1.29, 1.82) is 0 Å². The number of benzene rings is 1. The Morgan fingerprint density at radius 1 is 1.47 bits per heavy atom. The Hall–Kier alpha value is -1.69. The summed E-state index contributed by atoms with van der Waals surface area (Å²) < 4.78 is 0. The van der Waals surface area contributed by atoms with Crippen LogP contribution in [0.3, 0.4) is 0 Å². The molecule has 0 atom stereocenters. The Labute approximate surface area is 116 Å². The van der Waals surface area contributed by atoms with Gasteiger partial charge >= 0.3 is 12.0 Å². The number of carbonyl (C=O) groups is 2. The molecule has 0 radical (unpaired) electrons. The molecule has 1 aromatic rings. The molecule has 1 aromatic carbocycles. The van der Waals surface area contributed by atoms with E-state index in [2.05, 4.69) is 5.32 Å². The van der Waals surface area contributed by atoms with Crippen LogP contribution >= 0.6 is 11.8 Å². The number of nitrogens with zero attached hydrogens (tertiary/aromatic N) is 1. The molecule has 0 aliphatic carbocycles. The number of hydrogen-bond acceptors (Lipinski definition) is 3. The third-order valence-corrected chi connectivity index (χ3v) is 3.75. The number of anilines is 1. The largest absolute Gasteiger partial charge is 0.481 e. The highest BCUT2D eigenvalue weighted by atomic mass is 32.2. The molecule has 1 aliphatic heterocycles. The quantitative estimate of drug-likeness (QED) is 0.831. The molecular formula is C13H16N2O3S. The zero-order chi connectivity index (χ0) is 13.8. The fourth-order valence-electron chi connectivity index (χ4n) is 2.02. The zero-order valence-electron chi connectivity index (χ0n) is 10.6. The molecule has 5 nitrogen and oxygen atoms in total. The van der Waals surface area contributed by atoms with Crippen LogP contribution in [0.4, 0.5) is 10.5 Å². The minimum atomic E-state index is -0.808. The fraction of sp³-hybridized carbons (Fsp3) is 0.385. The van der Waals surface area contributed by atoms with E-state index in [4.69, 9.17) is 5.11 Å². The second-order valence-electron chi connectivity index (χ2n) is 4.53. The molecule has 0 aromatic heterocycles. The van der Waals surface area contributed by atoms with E-state index >= 15 is 0 Å². The first-order valence-electron chi connectivity index (χ1n) is 6.00. The molecule has 0 bridgehead atoms. The first-order chi connectivity index (χ1) is 9.08. The lowest BCUT2D eigenvalue weighted by Crippen LogP contribution is -2.52. The van der Waals surface area contributed by atoms with E-state index in [9.17, 15) is 9.59 Å². The van der Waals surface area contributed by atoms with Gasteiger partial charge in [0, 0.05) is 29.6 Å².